The van der Waals surface area contributed by atoms with Crippen molar-refractivity contribution in [3.05, 3.63) is 82.1 Å². The Bertz CT molecular complexity index is 1210. The second kappa shape index (κ2) is 11.8. The van der Waals surface area contributed by atoms with E-state index < -0.39 is 6.09 Å². The molecule has 178 valence electrons. The van der Waals surface area contributed by atoms with Crippen LogP contribution in [0, 0.1) is 0 Å². The van der Waals surface area contributed by atoms with Gasteiger partial charge in [0.1, 0.15) is 0 Å². The molecule has 3 aromatic rings. The topological polar surface area (TPSA) is 114 Å². The van der Waals surface area contributed by atoms with Gasteiger partial charge in [0.2, 0.25) is 5.91 Å². The Morgan fingerprint density at radius 1 is 1.09 bits per heavy atom. The molecule has 1 aromatic heterocycles. The third-order valence-electron chi connectivity index (χ3n) is 5.09. The SMILES string of the molecule is CCOC(=O)Nc1cccc(Cn2nc(-c3cccc(CC(=O)N(C)CCO)c3)ccc2=O)c1. The van der Waals surface area contributed by atoms with Gasteiger partial charge in [0.05, 0.1) is 31.9 Å². The van der Waals surface area contributed by atoms with Crippen molar-refractivity contribution < 1.29 is 19.4 Å². The second-order valence-corrected chi connectivity index (χ2v) is 7.68. The molecule has 34 heavy (non-hydrogen) atoms. The number of carbonyl (C=O) groups excluding carboxylic acids is 2. The van der Waals surface area contributed by atoms with E-state index in [1.165, 1.54) is 15.6 Å². The van der Waals surface area contributed by atoms with Crippen molar-refractivity contribution >= 4 is 17.7 Å². The molecule has 2 aromatic carbocycles. The quantitative estimate of drug-likeness (QED) is 0.503. The summed E-state index contributed by atoms with van der Waals surface area (Å²) in [4.78, 5) is 37.9. The van der Waals surface area contributed by atoms with Gasteiger partial charge in [0.25, 0.3) is 5.56 Å². The van der Waals surface area contributed by atoms with Crippen LogP contribution in [0.1, 0.15) is 18.1 Å². The van der Waals surface area contributed by atoms with E-state index in [9.17, 15) is 14.4 Å². The number of aromatic nitrogens is 2. The van der Waals surface area contributed by atoms with E-state index in [1.54, 1.807) is 38.2 Å². The number of rotatable bonds is 9. The van der Waals surface area contributed by atoms with Crippen molar-refractivity contribution in [2.75, 3.05) is 32.1 Å². The van der Waals surface area contributed by atoms with Crippen LogP contribution in [0.3, 0.4) is 0 Å². The highest BCUT2D eigenvalue weighted by Gasteiger charge is 2.11. The minimum atomic E-state index is -0.544. The highest BCUT2D eigenvalue weighted by atomic mass is 16.5. The van der Waals surface area contributed by atoms with Gasteiger partial charge in [-0.15, -0.1) is 0 Å². The van der Waals surface area contributed by atoms with Crippen LogP contribution in [0.15, 0.2) is 65.5 Å². The molecule has 0 saturated heterocycles. The standard InChI is InChI=1S/C25H28N4O5/c1-3-34-25(33)26-21-9-5-7-19(15-21)17-29-23(31)11-10-22(27-29)20-8-4-6-18(14-20)16-24(32)28(2)12-13-30/h4-11,14-15,30H,3,12-13,16-17H2,1-2H3,(H,26,33). The zero-order valence-corrected chi connectivity index (χ0v) is 19.2. The minimum absolute atomic E-state index is 0.0878. The monoisotopic (exact) mass is 464 g/mol. The summed E-state index contributed by atoms with van der Waals surface area (Å²) in [7, 11) is 1.65. The molecular weight excluding hydrogens is 436 g/mol. The van der Waals surface area contributed by atoms with Crippen molar-refractivity contribution in [3.63, 3.8) is 0 Å². The highest BCUT2D eigenvalue weighted by molar-refractivity contribution is 5.84. The first-order valence-electron chi connectivity index (χ1n) is 10.9. The Balaban J connectivity index is 1.79. The lowest BCUT2D eigenvalue weighted by Crippen LogP contribution is -2.30. The number of aliphatic hydroxyl groups is 1. The predicted octanol–water partition coefficient (Wildman–Crippen LogP) is 2.52. The molecule has 9 heteroatoms. The molecule has 0 bridgehead atoms. The maximum Gasteiger partial charge on any atom is 0.411 e. The number of nitrogens with zero attached hydrogens (tertiary/aromatic N) is 3. The van der Waals surface area contributed by atoms with Crippen LogP contribution in [-0.2, 0) is 22.5 Å². The molecule has 1 heterocycles. The number of carbonyl (C=O) groups is 2. The molecule has 0 radical (unpaired) electrons. The van der Waals surface area contributed by atoms with E-state index in [-0.39, 0.29) is 44.2 Å². The van der Waals surface area contributed by atoms with E-state index in [0.717, 1.165) is 16.7 Å². The number of anilines is 1. The van der Waals surface area contributed by atoms with Gasteiger partial charge in [-0.1, -0.05) is 30.3 Å². The van der Waals surface area contributed by atoms with Gasteiger partial charge < -0.3 is 14.7 Å². The Hall–Kier alpha value is -3.98. The number of aliphatic hydroxyl groups excluding tert-OH is 1. The predicted molar refractivity (Wildman–Crippen MR) is 129 cm³/mol. The molecule has 0 fully saturated rings. The summed E-state index contributed by atoms with van der Waals surface area (Å²) in [5.74, 6) is -0.0968. The van der Waals surface area contributed by atoms with E-state index in [2.05, 4.69) is 10.4 Å². The Morgan fingerprint density at radius 3 is 2.62 bits per heavy atom. The molecule has 0 aliphatic rings. The van der Waals surface area contributed by atoms with Gasteiger partial charge in [-0.25, -0.2) is 9.48 Å². The largest absolute Gasteiger partial charge is 0.450 e. The van der Waals surface area contributed by atoms with Crippen LogP contribution in [0.2, 0.25) is 0 Å². The normalized spacial score (nSPS) is 10.6. The van der Waals surface area contributed by atoms with Crippen LogP contribution in [0.5, 0.6) is 0 Å². The fourth-order valence-corrected chi connectivity index (χ4v) is 3.35. The molecule has 0 spiro atoms. The molecule has 0 saturated carbocycles. The Kier molecular flexibility index (Phi) is 8.53. The van der Waals surface area contributed by atoms with Crippen LogP contribution in [0.25, 0.3) is 11.3 Å². The Labute approximate surface area is 197 Å². The molecule has 0 aliphatic carbocycles. The van der Waals surface area contributed by atoms with E-state index >= 15 is 0 Å². The lowest BCUT2D eigenvalue weighted by Gasteiger charge is -2.15. The summed E-state index contributed by atoms with van der Waals surface area (Å²) in [6.45, 7) is 2.41. The summed E-state index contributed by atoms with van der Waals surface area (Å²) >= 11 is 0. The fraction of sp³-hybridized carbons (Fsp3) is 0.280. The third kappa shape index (κ3) is 6.76. The maximum absolute atomic E-state index is 12.4. The maximum atomic E-state index is 12.4. The number of nitrogens with one attached hydrogen (secondary N) is 1. The Morgan fingerprint density at radius 2 is 1.85 bits per heavy atom. The first-order chi connectivity index (χ1) is 16.4. The summed E-state index contributed by atoms with van der Waals surface area (Å²) in [6, 6.07) is 17.6. The number of ether oxygens (including phenoxy) is 1. The summed E-state index contributed by atoms with van der Waals surface area (Å²) in [5.41, 5.74) is 3.27. The fourth-order valence-electron chi connectivity index (χ4n) is 3.35. The molecule has 0 unspecified atom stereocenters. The van der Waals surface area contributed by atoms with E-state index in [1.807, 2.05) is 30.3 Å². The van der Waals surface area contributed by atoms with Crippen LogP contribution >= 0.6 is 0 Å². The van der Waals surface area contributed by atoms with E-state index in [0.29, 0.717) is 11.4 Å². The smallest absolute Gasteiger partial charge is 0.411 e. The third-order valence-corrected chi connectivity index (χ3v) is 5.09. The second-order valence-electron chi connectivity index (χ2n) is 7.68. The lowest BCUT2D eigenvalue weighted by molar-refractivity contribution is -0.129. The zero-order valence-electron chi connectivity index (χ0n) is 19.2. The molecule has 3 rings (SSSR count). The number of benzene rings is 2. The average molecular weight is 465 g/mol. The van der Waals surface area contributed by atoms with Gasteiger partial charge in [0, 0.05) is 30.9 Å². The van der Waals surface area contributed by atoms with Crippen molar-refractivity contribution in [3.8, 4) is 11.3 Å². The number of amides is 2. The minimum Gasteiger partial charge on any atom is -0.450 e. The van der Waals surface area contributed by atoms with Gasteiger partial charge in [-0.3, -0.25) is 14.9 Å². The van der Waals surface area contributed by atoms with Gasteiger partial charge in [0.15, 0.2) is 0 Å². The summed E-state index contributed by atoms with van der Waals surface area (Å²) < 4.78 is 6.25. The van der Waals surface area contributed by atoms with Crippen LogP contribution in [0.4, 0.5) is 10.5 Å². The molecule has 0 atom stereocenters. The van der Waals surface area contributed by atoms with Gasteiger partial charge >= 0.3 is 6.09 Å². The zero-order chi connectivity index (χ0) is 24.5. The van der Waals surface area contributed by atoms with Gasteiger partial charge in [-0.05, 0) is 42.3 Å². The molecule has 9 nitrogen and oxygen atoms in total. The first-order valence-corrected chi connectivity index (χ1v) is 10.9. The highest BCUT2D eigenvalue weighted by Crippen LogP contribution is 2.18. The molecule has 2 amide bonds. The average Bonchev–Trinajstić information content (AvgIpc) is 2.81. The number of hydrogen-bond acceptors (Lipinski definition) is 6. The first kappa shape index (κ1) is 24.7. The van der Waals surface area contributed by atoms with Crippen molar-refractivity contribution in [2.24, 2.45) is 0 Å². The summed E-state index contributed by atoms with van der Waals surface area (Å²) in [6.07, 6.45) is -0.345. The molecule has 0 aliphatic heterocycles. The van der Waals surface area contributed by atoms with Crippen LogP contribution < -0.4 is 10.9 Å². The molecule has 2 N–H and O–H groups in total. The van der Waals surface area contributed by atoms with Crippen molar-refractivity contribution in [1.29, 1.82) is 0 Å². The van der Waals surface area contributed by atoms with Crippen molar-refractivity contribution in [2.45, 2.75) is 19.9 Å². The molecular formula is C25H28N4O5. The van der Waals surface area contributed by atoms with Gasteiger partial charge in [-0.2, -0.15) is 5.10 Å². The summed E-state index contributed by atoms with van der Waals surface area (Å²) in [5, 5.41) is 16.2. The van der Waals surface area contributed by atoms with Crippen molar-refractivity contribution in [1.82, 2.24) is 14.7 Å². The lowest BCUT2D eigenvalue weighted by atomic mass is 10.1. The number of hydrogen-bond donors (Lipinski definition) is 2. The van der Waals surface area contributed by atoms with E-state index in [4.69, 9.17) is 9.84 Å². The van der Waals surface area contributed by atoms with Crippen LogP contribution in [-0.4, -0.2) is 58.6 Å². The number of likely N-dealkylation sites (N-methyl/N-ethyl adjacent to an activating group) is 1.